The summed E-state index contributed by atoms with van der Waals surface area (Å²) >= 11 is 3.55. The van der Waals surface area contributed by atoms with E-state index in [-0.39, 0.29) is 0 Å². The maximum atomic E-state index is 5.48. The summed E-state index contributed by atoms with van der Waals surface area (Å²) in [5.74, 6) is 1.50. The highest BCUT2D eigenvalue weighted by atomic mass is 79.9. The van der Waals surface area contributed by atoms with Gasteiger partial charge in [-0.3, -0.25) is 0 Å². The molecule has 0 aliphatic rings. The largest absolute Gasteiger partial charge is 0.493 e. The summed E-state index contributed by atoms with van der Waals surface area (Å²) in [6.07, 6.45) is 3.13. The van der Waals surface area contributed by atoms with Crippen LogP contribution in [0.3, 0.4) is 0 Å². The Bertz CT molecular complexity index is 342. The van der Waals surface area contributed by atoms with Crippen LogP contribution < -0.4 is 15.2 Å². The molecule has 0 radical (unpaired) electrons. The molecule has 4 heteroatoms. The molecule has 0 amide bonds. The van der Waals surface area contributed by atoms with E-state index in [0.717, 1.165) is 41.8 Å². The van der Waals surface area contributed by atoms with Crippen molar-refractivity contribution < 1.29 is 9.47 Å². The van der Waals surface area contributed by atoms with Gasteiger partial charge >= 0.3 is 0 Å². The van der Waals surface area contributed by atoms with E-state index in [9.17, 15) is 0 Å². The molecule has 3 nitrogen and oxygen atoms in total. The Kier molecular flexibility index (Phi) is 5.63. The summed E-state index contributed by atoms with van der Waals surface area (Å²) in [5, 5.41) is 0. The minimum atomic E-state index is 0.741. The molecule has 1 aromatic rings. The minimum Gasteiger partial charge on any atom is -0.493 e. The van der Waals surface area contributed by atoms with Gasteiger partial charge in [0, 0.05) is 0 Å². The van der Waals surface area contributed by atoms with Gasteiger partial charge in [0.05, 0.1) is 18.7 Å². The zero-order valence-corrected chi connectivity index (χ0v) is 11.3. The van der Waals surface area contributed by atoms with Gasteiger partial charge in [-0.1, -0.05) is 6.07 Å². The summed E-state index contributed by atoms with van der Waals surface area (Å²) in [6, 6.07) is 3.99. The Morgan fingerprint density at radius 3 is 2.50 bits per heavy atom. The zero-order valence-electron chi connectivity index (χ0n) is 9.75. The fourth-order valence-corrected chi connectivity index (χ4v) is 2.27. The number of halogens is 1. The average Bonchev–Trinajstić information content (AvgIpc) is 2.31. The molecule has 0 aromatic heterocycles. The van der Waals surface area contributed by atoms with E-state index in [0.29, 0.717) is 0 Å². The summed E-state index contributed by atoms with van der Waals surface area (Å²) in [6.45, 7) is 0.741. The second-order valence-electron chi connectivity index (χ2n) is 3.52. The predicted octanol–water partition coefficient (Wildman–Crippen LogP) is 2.75. The molecule has 0 bridgehead atoms. The number of rotatable bonds is 6. The van der Waals surface area contributed by atoms with Crippen molar-refractivity contribution in [1.82, 2.24) is 0 Å². The molecule has 0 aliphatic heterocycles. The van der Waals surface area contributed by atoms with Crippen LogP contribution >= 0.6 is 15.9 Å². The van der Waals surface area contributed by atoms with E-state index in [1.807, 2.05) is 6.07 Å². The maximum absolute atomic E-state index is 5.48. The summed E-state index contributed by atoms with van der Waals surface area (Å²) in [4.78, 5) is 0. The number of hydrogen-bond acceptors (Lipinski definition) is 3. The van der Waals surface area contributed by atoms with Gasteiger partial charge in [0.1, 0.15) is 0 Å². The molecule has 2 N–H and O–H groups in total. The molecule has 0 heterocycles. The van der Waals surface area contributed by atoms with Crippen LogP contribution in [0, 0.1) is 0 Å². The van der Waals surface area contributed by atoms with Crippen molar-refractivity contribution in [2.24, 2.45) is 5.73 Å². The van der Waals surface area contributed by atoms with Crippen LogP contribution in [-0.4, -0.2) is 20.8 Å². The van der Waals surface area contributed by atoms with Gasteiger partial charge in [-0.2, -0.15) is 0 Å². The fraction of sp³-hybridized carbons (Fsp3) is 0.500. The molecule has 0 fully saturated rings. The molecule has 16 heavy (non-hydrogen) atoms. The van der Waals surface area contributed by atoms with Crippen molar-refractivity contribution in [3.8, 4) is 11.5 Å². The van der Waals surface area contributed by atoms with Crippen molar-refractivity contribution in [3.63, 3.8) is 0 Å². The fourth-order valence-electron chi connectivity index (χ4n) is 1.58. The van der Waals surface area contributed by atoms with Gasteiger partial charge < -0.3 is 15.2 Å². The molecule has 1 aromatic carbocycles. The third-order valence-corrected chi connectivity index (χ3v) is 3.33. The monoisotopic (exact) mass is 287 g/mol. The van der Waals surface area contributed by atoms with Crippen LogP contribution in [0.25, 0.3) is 0 Å². The predicted molar refractivity (Wildman–Crippen MR) is 69.2 cm³/mol. The first-order valence-corrected chi connectivity index (χ1v) is 6.13. The molecule has 0 aliphatic carbocycles. The van der Waals surface area contributed by atoms with Crippen molar-refractivity contribution in [2.75, 3.05) is 20.8 Å². The molecule has 0 saturated carbocycles. The molecule has 0 spiro atoms. The Morgan fingerprint density at radius 2 is 1.94 bits per heavy atom. The number of methoxy groups -OCH3 is 2. The first-order chi connectivity index (χ1) is 7.74. The average molecular weight is 288 g/mol. The van der Waals surface area contributed by atoms with Crippen LogP contribution in [0.5, 0.6) is 11.5 Å². The lowest BCUT2D eigenvalue weighted by Gasteiger charge is -2.12. The number of hydrogen-bond donors (Lipinski definition) is 1. The third kappa shape index (κ3) is 3.12. The first-order valence-electron chi connectivity index (χ1n) is 5.34. The van der Waals surface area contributed by atoms with Crippen molar-refractivity contribution in [1.29, 1.82) is 0 Å². The summed E-state index contributed by atoms with van der Waals surface area (Å²) in [7, 11) is 3.28. The van der Waals surface area contributed by atoms with Crippen LogP contribution in [0.1, 0.15) is 18.4 Å². The van der Waals surface area contributed by atoms with Gasteiger partial charge in [0.25, 0.3) is 0 Å². The topological polar surface area (TPSA) is 44.5 Å². The van der Waals surface area contributed by atoms with Gasteiger partial charge in [-0.25, -0.2) is 0 Å². The van der Waals surface area contributed by atoms with Crippen molar-refractivity contribution in [3.05, 3.63) is 22.2 Å². The molecular weight excluding hydrogens is 270 g/mol. The highest BCUT2D eigenvalue weighted by Crippen LogP contribution is 2.37. The molecule has 1 rings (SSSR count). The Morgan fingerprint density at radius 1 is 1.19 bits per heavy atom. The minimum absolute atomic E-state index is 0.741. The second-order valence-corrected chi connectivity index (χ2v) is 4.31. The quantitative estimate of drug-likeness (QED) is 0.819. The molecule has 0 saturated heterocycles. The number of nitrogens with two attached hydrogens (primary N) is 1. The Labute approximate surface area is 105 Å². The van der Waals surface area contributed by atoms with Crippen molar-refractivity contribution >= 4 is 15.9 Å². The van der Waals surface area contributed by atoms with Crippen LogP contribution in [0.4, 0.5) is 0 Å². The lowest BCUT2D eigenvalue weighted by atomic mass is 10.1. The highest BCUT2D eigenvalue weighted by molar-refractivity contribution is 9.10. The number of unbranched alkanes of at least 4 members (excludes halogenated alkanes) is 1. The molecule has 0 atom stereocenters. The van der Waals surface area contributed by atoms with Gasteiger partial charge in [0.2, 0.25) is 0 Å². The maximum Gasteiger partial charge on any atom is 0.175 e. The highest BCUT2D eigenvalue weighted by Gasteiger charge is 2.11. The van der Waals surface area contributed by atoms with Crippen LogP contribution in [0.15, 0.2) is 16.6 Å². The van der Waals surface area contributed by atoms with E-state index >= 15 is 0 Å². The number of aryl methyl sites for hydroxylation is 1. The number of ether oxygens (including phenoxy) is 2. The lowest BCUT2D eigenvalue weighted by Crippen LogP contribution is -2.00. The SMILES string of the molecule is COc1ccc(CCCCN)c(Br)c1OC. The van der Waals surface area contributed by atoms with E-state index < -0.39 is 0 Å². The normalized spacial score (nSPS) is 10.2. The van der Waals surface area contributed by atoms with E-state index in [1.165, 1.54) is 5.56 Å². The van der Waals surface area contributed by atoms with E-state index in [2.05, 4.69) is 22.0 Å². The van der Waals surface area contributed by atoms with Crippen LogP contribution in [-0.2, 0) is 6.42 Å². The standard InChI is InChI=1S/C12H18BrNO2/c1-15-10-7-6-9(5-3-4-8-14)11(13)12(10)16-2/h6-7H,3-5,8,14H2,1-2H3. The van der Waals surface area contributed by atoms with Gasteiger partial charge in [-0.15, -0.1) is 0 Å². The zero-order chi connectivity index (χ0) is 12.0. The van der Waals surface area contributed by atoms with Gasteiger partial charge in [0.15, 0.2) is 11.5 Å². The van der Waals surface area contributed by atoms with Crippen LogP contribution in [0.2, 0.25) is 0 Å². The Balaban J connectivity index is 2.86. The van der Waals surface area contributed by atoms with Gasteiger partial charge in [-0.05, 0) is 53.4 Å². The summed E-state index contributed by atoms with van der Waals surface area (Å²) < 4.78 is 11.5. The van der Waals surface area contributed by atoms with Crippen molar-refractivity contribution in [2.45, 2.75) is 19.3 Å². The molecular formula is C12H18BrNO2. The smallest absolute Gasteiger partial charge is 0.175 e. The molecule has 90 valence electrons. The third-order valence-electron chi connectivity index (χ3n) is 2.47. The number of benzene rings is 1. The molecule has 0 unspecified atom stereocenters. The second kappa shape index (κ2) is 6.76. The summed E-state index contributed by atoms with van der Waals surface area (Å²) in [5.41, 5.74) is 6.70. The lowest BCUT2D eigenvalue weighted by molar-refractivity contribution is 0.352. The Hall–Kier alpha value is -0.740. The van der Waals surface area contributed by atoms with E-state index in [4.69, 9.17) is 15.2 Å². The van der Waals surface area contributed by atoms with E-state index in [1.54, 1.807) is 14.2 Å². The first kappa shape index (κ1) is 13.3.